The SMILES string of the molecule is Cn1c2ccccc2c2c(-n3ccnc3-c3ccccc3)c(C3CCCCC3)cc(C3CCCCC3)c21. The highest BCUT2D eigenvalue weighted by atomic mass is 15.1. The van der Waals surface area contributed by atoms with Gasteiger partial charge in [0.15, 0.2) is 0 Å². The number of para-hydroxylation sites is 1. The Bertz CT molecular complexity index is 1540. The fourth-order valence-corrected chi connectivity index (χ4v) is 7.41. The highest BCUT2D eigenvalue weighted by molar-refractivity contribution is 6.14. The summed E-state index contributed by atoms with van der Waals surface area (Å²) in [6.45, 7) is 0. The first-order valence-corrected chi connectivity index (χ1v) is 14.4. The Morgan fingerprint density at radius 1 is 0.730 bits per heavy atom. The van der Waals surface area contributed by atoms with Crippen LogP contribution in [0, 0.1) is 0 Å². The van der Waals surface area contributed by atoms with Gasteiger partial charge in [0.25, 0.3) is 0 Å². The number of aryl methyl sites for hydroxylation is 1. The van der Waals surface area contributed by atoms with Gasteiger partial charge in [0.1, 0.15) is 5.82 Å². The molecule has 7 rings (SSSR count). The van der Waals surface area contributed by atoms with Crippen LogP contribution in [0.25, 0.3) is 38.9 Å². The van der Waals surface area contributed by atoms with Crippen LogP contribution in [-0.2, 0) is 7.05 Å². The van der Waals surface area contributed by atoms with Gasteiger partial charge in [-0.15, -0.1) is 0 Å². The molecule has 37 heavy (non-hydrogen) atoms. The van der Waals surface area contributed by atoms with Crippen LogP contribution in [0.2, 0.25) is 0 Å². The molecular weight excluding hydrogens is 450 g/mol. The Morgan fingerprint density at radius 2 is 1.38 bits per heavy atom. The molecule has 2 aromatic heterocycles. The van der Waals surface area contributed by atoms with Crippen LogP contribution >= 0.6 is 0 Å². The van der Waals surface area contributed by atoms with E-state index in [0.717, 1.165) is 5.82 Å². The average molecular weight is 488 g/mol. The van der Waals surface area contributed by atoms with Gasteiger partial charge in [0.05, 0.1) is 11.2 Å². The van der Waals surface area contributed by atoms with Gasteiger partial charge in [0, 0.05) is 41.3 Å². The average Bonchev–Trinajstić information content (AvgIpc) is 3.57. The number of rotatable bonds is 4. The Labute approximate surface area is 220 Å². The number of imidazole rings is 1. The van der Waals surface area contributed by atoms with Gasteiger partial charge in [0.2, 0.25) is 0 Å². The van der Waals surface area contributed by atoms with Crippen molar-refractivity contribution in [2.75, 3.05) is 0 Å². The Kier molecular flexibility index (Phi) is 5.88. The number of hydrogen-bond acceptors (Lipinski definition) is 1. The van der Waals surface area contributed by atoms with E-state index in [1.165, 1.54) is 97.3 Å². The molecule has 2 fully saturated rings. The first kappa shape index (κ1) is 22.8. The second-order valence-corrected chi connectivity index (χ2v) is 11.4. The minimum absolute atomic E-state index is 0.612. The maximum absolute atomic E-state index is 4.91. The van der Waals surface area contributed by atoms with Crippen molar-refractivity contribution in [3.05, 3.63) is 84.2 Å². The van der Waals surface area contributed by atoms with Gasteiger partial charge in [-0.1, -0.05) is 93.1 Å². The summed E-state index contributed by atoms with van der Waals surface area (Å²) in [5.41, 5.74) is 8.47. The van der Waals surface area contributed by atoms with E-state index in [1.807, 2.05) is 6.20 Å². The van der Waals surface area contributed by atoms with Crippen LogP contribution in [-0.4, -0.2) is 14.1 Å². The summed E-state index contributed by atoms with van der Waals surface area (Å²) >= 11 is 0. The molecule has 0 atom stereocenters. The van der Waals surface area contributed by atoms with E-state index < -0.39 is 0 Å². The lowest BCUT2D eigenvalue weighted by Gasteiger charge is -2.30. The molecule has 0 N–H and O–H groups in total. The van der Waals surface area contributed by atoms with Gasteiger partial charge in [-0.05, 0) is 54.7 Å². The van der Waals surface area contributed by atoms with Gasteiger partial charge in [-0.25, -0.2) is 4.98 Å². The van der Waals surface area contributed by atoms with Crippen LogP contribution in [0.1, 0.15) is 87.2 Å². The third-order valence-corrected chi connectivity index (χ3v) is 9.21. The van der Waals surface area contributed by atoms with E-state index in [-0.39, 0.29) is 0 Å². The van der Waals surface area contributed by atoms with E-state index in [2.05, 4.69) is 83.0 Å². The fourth-order valence-electron chi connectivity index (χ4n) is 7.41. The number of nitrogens with zero attached hydrogens (tertiary/aromatic N) is 3. The summed E-state index contributed by atoms with van der Waals surface area (Å²) < 4.78 is 4.90. The summed E-state index contributed by atoms with van der Waals surface area (Å²) in [4.78, 5) is 4.91. The molecule has 2 aliphatic carbocycles. The van der Waals surface area contributed by atoms with Crippen molar-refractivity contribution in [3.8, 4) is 17.1 Å². The standard InChI is InChI=1S/C34H37N3/c1-36-30-20-12-11-19-27(30)31-32(36)28(24-13-5-2-6-14-24)23-29(25-15-7-3-8-16-25)33(31)37-22-21-35-34(37)26-17-9-4-10-18-26/h4,9-12,17-25H,2-3,5-8,13-16H2,1H3. The smallest absolute Gasteiger partial charge is 0.144 e. The fraction of sp³-hybridized carbons (Fsp3) is 0.382. The third kappa shape index (κ3) is 3.82. The molecule has 0 radical (unpaired) electrons. The maximum Gasteiger partial charge on any atom is 0.144 e. The van der Waals surface area contributed by atoms with Gasteiger partial charge in [-0.2, -0.15) is 0 Å². The van der Waals surface area contributed by atoms with Crippen molar-refractivity contribution >= 4 is 21.8 Å². The monoisotopic (exact) mass is 487 g/mol. The lowest BCUT2D eigenvalue weighted by Crippen LogP contribution is -2.13. The number of hydrogen-bond donors (Lipinski definition) is 0. The zero-order chi connectivity index (χ0) is 24.8. The molecule has 5 aromatic rings. The van der Waals surface area contributed by atoms with Crippen molar-refractivity contribution in [3.63, 3.8) is 0 Å². The molecule has 0 saturated heterocycles. The third-order valence-electron chi connectivity index (χ3n) is 9.21. The summed E-state index contributed by atoms with van der Waals surface area (Å²) in [6.07, 6.45) is 17.6. The molecule has 0 unspecified atom stereocenters. The van der Waals surface area contributed by atoms with Crippen LogP contribution in [0.5, 0.6) is 0 Å². The van der Waals surface area contributed by atoms with Crippen LogP contribution in [0.4, 0.5) is 0 Å². The van der Waals surface area contributed by atoms with Crippen LogP contribution in [0.15, 0.2) is 73.1 Å². The van der Waals surface area contributed by atoms with Crippen LogP contribution in [0.3, 0.4) is 0 Å². The second kappa shape index (κ2) is 9.52. The highest BCUT2D eigenvalue weighted by Gasteiger charge is 2.29. The van der Waals surface area contributed by atoms with Gasteiger partial charge in [-0.3, -0.25) is 4.57 Å². The van der Waals surface area contributed by atoms with Crippen molar-refractivity contribution in [2.45, 2.75) is 76.0 Å². The predicted octanol–water partition coefficient (Wildman–Crippen LogP) is 9.28. The first-order valence-electron chi connectivity index (χ1n) is 14.4. The quantitative estimate of drug-likeness (QED) is 0.248. The number of benzene rings is 3. The van der Waals surface area contributed by atoms with E-state index >= 15 is 0 Å². The molecule has 0 bridgehead atoms. The summed E-state index contributed by atoms with van der Waals surface area (Å²) in [7, 11) is 2.28. The van der Waals surface area contributed by atoms with E-state index in [0.29, 0.717) is 11.8 Å². The Balaban J connectivity index is 1.60. The Morgan fingerprint density at radius 3 is 2.11 bits per heavy atom. The molecule has 0 aliphatic heterocycles. The second-order valence-electron chi connectivity index (χ2n) is 11.4. The van der Waals surface area contributed by atoms with E-state index in [9.17, 15) is 0 Å². The van der Waals surface area contributed by atoms with E-state index in [1.54, 1.807) is 11.1 Å². The van der Waals surface area contributed by atoms with Gasteiger partial charge < -0.3 is 4.57 Å². The number of fused-ring (bicyclic) bond motifs is 3. The van der Waals surface area contributed by atoms with Crippen LogP contribution < -0.4 is 0 Å². The minimum atomic E-state index is 0.612. The topological polar surface area (TPSA) is 22.8 Å². The lowest BCUT2D eigenvalue weighted by atomic mass is 9.78. The molecule has 3 heteroatoms. The van der Waals surface area contributed by atoms with Crippen molar-refractivity contribution in [1.82, 2.24) is 14.1 Å². The molecular formula is C34H37N3. The zero-order valence-corrected chi connectivity index (χ0v) is 22.0. The predicted molar refractivity (Wildman–Crippen MR) is 155 cm³/mol. The summed E-state index contributed by atoms with van der Waals surface area (Å²) in [5, 5.41) is 2.80. The zero-order valence-electron chi connectivity index (χ0n) is 22.0. The normalized spacial score (nSPS) is 17.6. The molecule has 2 aliphatic rings. The molecule has 0 spiro atoms. The van der Waals surface area contributed by atoms with Crippen molar-refractivity contribution in [2.24, 2.45) is 7.05 Å². The van der Waals surface area contributed by atoms with E-state index in [4.69, 9.17) is 4.98 Å². The maximum atomic E-state index is 4.91. The van der Waals surface area contributed by atoms with Crippen molar-refractivity contribution < 1.29 is 0 Å². The summed E-state index contributed by atoms with van der Waals surface area (Å²) in [6, 6.07) is 22.4. The molecule has 188 valence electrons. The lowest BCUT2D eigenvalue weighted by molar-refractivity contribution is 0.436. The highest BCUT2D eigenvalue weighted by Crippen LogP contribution is 2.47. The molecule has 3 nitrogen and oxygen atoms in total. The van der Waals surface area contributed by atoms with Crippen molar-refractivity contribution in [1.29, 1.82) is 0 Å². The molecule has 2 saturated carbocycles. The Hall–Kier alpha value is -3.33. The molecule has 3 aromatic carbocycles. The minimum Gasteiger partial charge on any atom is -0.343 e. The number of aromatic nitrogens is 3. The first-order chi connectivity index (χ1) is 18.3. The molecule has 2 heterocycles. The molecule has 0 amide bonds. The summed E-state index contributed by atoms with van der Waals surface area (Å²) in [5.74, 6) is 2.31. The van der Waals surface area contributed by atoms with Gasteiger partial charge >= 0.3 is 0 Å². The largest absolute Gasteiger partial charge is 0.343 e.